The molecule has 6 nitrogen and oxygen atoms in total. The number of rotatable bonds is 6. The van der Waals surface area contributed by atoms with Crippen LogP contribution in [0.4, 0.5) is 5.82 Å². The molecule has 2 aromatic rings. The SMILES string of the molecule is Cc1oc(CNC2CC2)cc1S(=O)(=O)Nc1ccccn1. The number of furan rings is 1. The molecule has 0 spiro atoms. The summed E-state index contributed by atoms with van der Waals surface area (Å²) in [5, 5.41) is 3.29. The first-order chi connectivity index (χ1) is 10.0. The number of aryl methyl sites for hydroxylation is 1. The van der Waals surface area contributed by atoms with Gasteiger partial charge in [0.05, 0.1) is 6.54 Å². The minimum Gasteiger partial charge on any atom is -0.464 e. The molecule has 112 valence electrons. The van der Waals surface area contributed by atoms with E-state index in [0.717, 1.165) is 0 Å². The van der Waals surface area contributed by atoms with Crippen LogP contribution in [0.3, 0.4) is 0 Å². The molecule has 3 rings (SSSR count). The molecule has 0 atom stereocenters. The van der Waals surface area contributed by atoms with Crippen LogP contribution < -0.4 is 10.0 Å². The Morgan fingerprint density at radius 3 is 2.86 bits per heavy atom. The second-order valence-electron chi connectivity index (χ2n) is 5.11. The van der Waals surface area contributed by atoms with Crippen LogP contribution in [0, 0.1) is 6.92 Å². The average molecular weight is 307 g/mol. The van der Waals surface area contributed by atoms with E-state index in [1.54, 1.807) is 31.2 Å². The zero-order valence-corrected chi connectivity index (χ0v) is 12.5. The van der Waals surface area contributed by atoms with E-state index < -0.39 is 10.0 Å². The van der Waals surface area contributed by atoms with Crippen LogP contribution in [0.2, 0.25) is 0 Å². The molecule has 0 aromatic carbocycles. The molecule has 7 heteroatoms. The van der Waals surface area contributed by atoms with Crippen LogP contribution in [0.15, 0.2) is 39.8 Å². The molecule has 2 N–H and O–H groups in total. The summed E-state index contributed by atoms with van der Waals surface area (Å²) in [6.07, 6.45) is 3.88. The number of sulfonamides is 1. The monoisotopic (exact) mass is 307 g/mol. The van der Waals surface area contributed by atoms with E-state index in [9.17, 15) is 8.42 Å². The normalized spacial score (nSPS) is 15.1. The first-order valence-electron chi connectivity index (χ1n) is 6.81. The molecular weight excluding hydrogens is 290 g/mol. The number of nitrogens with one attached hydrogen (secondary N) is 2. The first kappa shape index (κ1) is 14.1. The molecule has 1 aliphatic rings. The minimum atomic E-state index is -3.68. The average Bonchev–Trinajstić information content (AvgIpc) is 3.19. The van der Waals surface area contributed by atoms with Crippen LogP contribution in [-0.2, 0) is 16.6 Å². The van der Waals surface area contributed by atoms with Gasteiger partial charge >= 0.3 is 0 Å². The van der Waals surface area contributed by atoms with Crippen molar-refractivity contribution < 1.29 is 12.8 Å². The predicted molar refractivity (Wildman–Crippen MR) is 78.4 cm³/mol. The van der Waals surface area contributed by atoms with Gasteiger partial charge in [-0.15, -0.1) is 0 Å². The van der Waals surface area contributed by atoms with Crippen molar-refractivity contribution in [2.75, 3.05) is 4.72 Å². The Morgan fingerprint density at radius 1 is 1.38 bits per heavy atom. The standard InChI is InChI=1S/C14H17N3O3S/c1-10-13(8-12(20-10)9-16-11-5-6-11)21(18,19)17-14-4-2-3-7-15-14/h2-4,7-8,11,16H,5-6,9H2,1H3,(H,15,17). The van der Waals surface area contributed by atoms with Gasteiger partial charge in [0.2, 0.25) is 0 Å². The Labute approximate surface area is 123 Å². The van der Waals surface area contributed by atoms with Crippen molar-refractivity contribution in [2.24, 2.45) is 0 Å². The van der Waals surface area contributed by atoms with E-state index >= 15 is 0 Å². The van der Waals surface area contributed by atoms with E-state index in [2.05, 4.69) is 15.0 Å². The highest BCUT2D eigenvalue weighted by molar-refractivity contribution is 7.92. The summed E-state index contributed by atoms with van der Waals surface area (Å²) in [6, 6.07) is 7.15. The summed E-state index contributed by atoms with van der Waals surface area (Å²) < 4.78 is 32.7. The summed E-state index contributed by atoms with van der Waals surface area (Å²) in [4.78, 5) is 4.11. The quantitative estimate of drug-likeness (QED) is 0.853. The highest BCUT2D eigenvalue weighted by atomic mass is 32.2. The largest absolute Gasteiger partial charge is 0.464 e. The number of anilines is 1. The van der Waals surface area contributed by atoms with Crippen molar-refractivity contribution in [2.45, 2.75) is 37.2 Å². The second kappa shape index (κ2) is 5.50. The lowest BCUT2D eigenvalue weighted by molar-refractivity contribution is 0.456. The maximum atomic E-state index is 12.4. The van der Waals surface area contributed by atoms with Gasteiger partial charge < -0.3 is 9.73 Å². The van der Waals surface area contributed by atoms with Crippen molar-refractivity contribution in [3.05, 3.63) is 42.0 Å². The Morgan fingerprint density at radius 2 is 2.19 bits per heavy atom. The lowest BCUT2D eigenvalue weighted by Crippen LogP contribution is -2.15. The second-order valence-corrected chi connectivity index (χ2v) is 6.76. The third-order valence-electron chi connectivity index (χ3n) is 3.26. The Bertz CT molecular complexity index is 721. The fraction of sp³-hybridized carbons (Fsp3) is 0.357. The predicted octanol–water partition coefficient (Wildman–Crippen LogP) is 2.04. The first-order valence-corrected chi connectivity index (χ1v) is 8.29. The highest BCUT2D eigenvalue weighted by Gasteiger charge is 2.24. The fourth-order valence-electron chi connectivity index (χ4n) is 2.03. The van der Waals surface area contributed by atoms with Crippen LogP contribution in [0.1, 0.15) is 24.4 Å². The zero-order valence-electron chi connectivity index (χ0n) is 11.7. The Hall–Kier alpha value is -1.86. The van der Waals surface area contributed by atoms with Gasteiger partial charge in [-0.05, 0) is 31.9 Å². The van der Waals surface area contributed by atoms with Gasteiger partial charge in [0, 0.05) is 18.3 Å². The van der Waals surface area contributed by atoms with Gasteiger partial charge in [0.25, 0.3) is 10.0 Å². The molecule has 0 unspecified atom stereocenters. The summed E-state index contributed by atoms with van der Waals surface area (Å²) in [5.74, 6) is 1.29. The van der Waals surface area contributed by atoms with Gasteiger partial charge in [-0.25, -0.2) is 13.4 Å². The van der Waals surface area contributed by atoms with Crippen molar-refractivity contribution in [3.63, 3.8) is 0 Å². The molecule has 0 amide bonds. The summed E-state index contributed by atoms with van der Waals surface area (Å²) in [7, 11) is -3.68. The van der Waals surface area contributed by atoms with Crippen LogP contribution in [-0.4, -0.2) is 19.4 Å². The third kappa shape index (κ3) is 3.43. The van der Waals surface area contributed by atoms with Crippen LogP contribution >= 0.6 is 0 Å². The molecule has 1 saturated carbocycles. The molecule has 0 saturated heterocycles. The Balaban J connectivity index is 1.77. The van der Waals surface area contributed by atoms with E-state index in [1.807, 2.05) is 0 Å². The number of nitrogens with zero attached hydrogens (tertiary/aromatic N) is 1. The van der Waals surface area contributed by atoms with E-state index in [0.29, 0.717) is 24.1 Å². The van der Waals surface area contributed by atoms with Crippen molar-refractivity contribution in [1.82, 2.24) is 10.3 Å². The lowest BCUT2D eigenvalue weighted by Gasteiger charge is -2.05. The van der Waals surface area contributed by atoms with E-state index in [1.165, 1.54) is 19.0 Å². The van der Waals surface area contributed by atoms with Gasteiger partial charge in [-0.2, -0.15) is 0 Å². The smallest absolute Gasteiger partial charge is 0.266 e. The molecule has 0 radical (unpaired) electrons. The summed E-state index contributed by atoms with van der Waals surface area (Å²) >= 11 is 0. The van der Waals surface area contributed by atoms with Gasteiger partial charge in [-0.1, -0.05) is 6.07 Å². The lowest BCUT2D eigenvalue weighted by atomic mass is 10.4. The molecule has 1 fully saturated rings. The van der Waals surface area contributed by atoms with Crippen molar-refractivity contribution >= 4 is 15.8 Å². The van der Waals surface area contributed by atoms with Crippen molar-refractivity contribution in [3.8, 4) is 0 Å². The minimum absolute atomic E-state index is 0.153. The summed E-state index contributed by atoms with van der Waals surface area (Å²) in [6.45, 7) is 2.19. The zero-order chi connectivity index (χ0) is 14.9. The number of pyridine rings is 1. The number of hydrogen-bond acceptors (Lipinski definition) is 5. The fourth-order valence-corrected chi connectivity index (χ4v) is 3.24. The molecule has 21 heavy (non-hydrogen) atoms. The Kier molecular flexibility index (Phi) is 3.69. The number of aromatic nitrogens is 1. The van der Waals surface area contributed by atoms with E-state index in [4.69, 9.17) is 4.42 Å². The van der Waals surface area contributed by atoms with E-state index in [-0.39, 0.29) is 10.7 Å². The van der Waals surface area contributed by atoms with Crippen LogP contribution in [0.5, 0.6) is 0 Å². The maximum absolute atomic E-state index is 12.4. The molecule has 0 bridgehead atoms. The maximum Gasteiger partial charge on any atom is 0.266 e. The molecule has 2 heterocycles. The molecule has 1 aliphatic carbocycles. The molecule has 0 aliphatic heterocycles. The highest BCUT2D eigenvalue weighted by Crippen LogP contribution is 2.24. The number of hydrogen-bond donors (Lipinski definition) is 2. The van der Waals surface area contributed by atoms with Gasteiger partial charge in [-0.3, -0.25) is 4.72 Å². The molecular formula is C14H17N3O3S. The van der Waals surface area contributed by atoms with Crippen LogP contribution in [0.25, 0.3) is 0 Å². The topological polar surface area (TPSA) is 84.2 Å². The molecule has 2 aromatic heterocycles. The van der Waals surface area contributed by atoms with Gasteiger partial charge in [0.15, 0.2) is 0 Å². The van der Waals surface area contributed by atoms with Gasteiger partial charge in [0.1, 0.15) is 22.2 Å². The third-order valence-corrected chi connectivity index (χ3v) is 4.72. The van der Waals surface area contributed by atoms with Crippen molar-refractivity contribution in [1.29, 1.82) is 0 Å². The summed E-state index contributed by atoms with van der Waals surface area (Å²) in [5.41, 5.74) is 0.